The molecule has 0 radical (unpaired) electrons. The van der Waals surface area contributed by atoms with Gasteiger partial charge in [0.15, 0.2) is 0 Å². The Balaban J connectivity index is 2.34. The van der Waals surface area contributed by atoms with E-state index < -0.39 is 5.97 Å². The minimum atomic E-state index is -0.866. The van der Waals surface area contributed by atoms with Crippen molar-refractivity contribution in [3.63, 3.8) is 0 Å². The first kappa shape index (κ1) is 10.2. The van der Waals surface area contributed by atoms with E-state index in [0.29, 0.717) is 5.56 Å². The summed E-state index contributed by atoms with van der Waals surface area (Å²) in [6, 6.07) is 4.07. The van der Waals surface area contributed by atoms with Crippen LogP contribution in [0.25, 0.3) is 10.9 Å². The second-order valence-electron chi connectivity index (χ2n) is 4.63. The van der Waals surface area contributed by atoms with Gasteiger partial charge in [-0.05, 0) is 31.0 Å². The van der Waals surface area contributed by atoms with Crippen LogP contribution in [0.5, 0.6) is 0 Å². The Bertz CT molecular complexity index is 628. The second kappa shape index (κ2) is 3.26. The lowest BCUT2D eigenvalue weighted by Crippen LogP contribution is -2.12. The number of aromatic carboxylic acids is 1. The molecule has 0 atom stereocenters. The zero-order valence-electron chi connectivity index (χ0n) is 9.87. The Morgan fingerprint density at radius 2 is 2.24 bits per heavy atom. The van der Waals surface area contributed by atoms with Crippen LogP contribution in [0.4, 0.5) is 5.69 Å². The number of rotatable bonds is 1. The van der Waals surface area contributed by atoms with E-state index in [1.807, 2.05) is 13.1 Å². The number of hydrogen-bond acceptors (Lipinski definition) is 2. The number of aromatic nitrogens is 1. The van der Waals surface area contributed by atoms with E-state index in [2.05, 4.69) is 16.0 Å². The van der Waals surface area contributed by atoms with Gasteiger partial charge in [0.1, 0.15) is 0 Å². The first-order valence-electron chi connectivity index (χ1n) is 5.67. The molecule has 1 aliphatic heterocycles. The van der Waals surface area contributed by atoms with Crippen molar-refractivity contribution in [3.8, 4) is 0 Å². The Hall–Kier alpha value is -1.97. The third-order valence-corrected chi connectivity index (χ3v) is 3.53. The Morgan fingerprint density at radius 3 is 2.94 bits per heavy atom. The van der Waals surface area contributed by atoms with Crippen molar-refractivity contribution >= 4 is 22.6 Å². The number of benzene rings is 1. The van der Waals surface area contributed by atoms with Gasteiger partial charge in [0.2, 0.25) is 0 Å². The first-order chi connectivity index (χ1) is 8.08. The molecule has 2 heterocycles. The quantitative estimate of drug-likeness (QED) is 0.789. The van der Waals surface area contributed by atoms with E-state index in [0.717, 1.165) is 35.2 Å². The first-order valence-corrected chi connectivity index (χ1v) is 5.67. The fourth-order valence-corrected chi connectivity index (χ4v) is 2.65. The average molecular weight is 230 g/mol. The van der Waals surface area contributed by atoms with E-state index >= 15 is 0 Å². The number of nitrogens with zero attached hydrogens (tertiary/aromatic N) is 1. The van der Waals surface area contributed by atoms with Gasteiger partial charge in [0, 0.05) is 35.9 Å². The van der Waals surface area contributed by atoms with Gasteiger partial charge in [-0.1, -0.05) is 0 Å². The number of likely N-dealkylation sites (N-methyl/N-ethyl adjacent to an activating group) is 1. The van der Waals surface area contributed by atoms with Crippen molar-refractivity contribution in [2.24, 2.45) is 0 Å². The van der Waals surface area contributed by atoms with Crippen LogP contribution in [-0.4, -0.2) is 29.7 Å². The molecular formula is C13H14N2O2. The number of anilines is 1. The molecule has 0 spiro atoms. The van der Waals surface area contributed by atoms with Crippen LogP contribution in [-0.2, 0) is 6.42 Å². The van der Waals surface area contributed by atoms with Crippen molar-refractivity contribution in [1.29, 1.82) is 0 Å². The van der Waals surface area contributed by atoms with Crippen LogP contribution in [0.1, 0.15) is 21.6 Å². The lowest BCUT2D eigenvalue weighted by Gasteiger charge is -2.11. The molecule has 1 aromatic heterocycles. The van der Waals surface area contributed by atoms with Gasteiger partial charge in [-0.3, -0.25) is 0 Å². The van der Waals surface area contributed by atoms with E-state index in [1.165, 1.54) is 5.56 Å². The number of aromatic amines is 1. The van der Waals surface area contributed by atoms with E-state index in [1.54, 1.807) is 6.92 Å². The van der Waals surface area contributed by atoms with Crippen molar-refractivity contribution in [3.05, 3.63) is 29.0 Å². The Morgan fingerprint density at radius 1 is 1.47 bits per heavy atom. The molecule has 4 heteroatoms. The monoisotopic (exact) mass is 230 g/mol. The number of carboxylic acid groups (broad SMARTS) is 1. The highest BCUT2D eigenvalue weighted by molar-refractivity contribution is 6.06. The fraction of sp³-hybridized carbons (Fsp3) is 0.308. The molecule has 4 nitrogen and oxygen atoms in total. The van der Waals surface area contributed by atoms with Crippen molar-refractivity contribution in [2.45, 2.75) is 13.3 Å². The van der Waals surface area contributed by atoms with Gasteiger partial charge in [-0.2, -0.15) is 0 Å². The Labute approximate surface area is 98.9 Å². The smallest absolute Gasteiger partial charge is 0.338 e. The molecule has 1 aliphatic rings. The van der Waals surface area contributed by atoms with Gasteiger partial charge in [0.05, 0.1) is 5.56 Å². The summed E-state index contributed by atoms with van der Waals surface area (Å²) in [5, 5.41) is 10.0. The molecule has 1 aromatic carbocycles. The van der Waals surface area contributed by atoms with Gasteiger partial charge >= 0.3 is 5.97 Å². The largest absolute Gasteiger partial charge is 0.478 e. The van der Waals surface area contributed by atoms with Crippen LogP contribution in [0, 0.1) is 6.92 Å². The summed E-state index contributed by atoms with van der Waals surface area (Å²) in [6.07, 6.45) is 1.03. The van der Waals surface area contributed by atoms with E-state index in [4.69, 9.17) is 0 Å². The van der Waals surface area contributed by atoms with E-state index in [-0.39, 0.29) is 0 Å². The molecular weight excluding hydrogens is 216 g/mol. The van der Waals surface area contributed by atoms with Crippen molar-refractivity contribution in [2.75, 3.05) is 18.5 Å². The lowest BCUT2D eigenvalue weighted by molar-refractivity contribution is 0.0698. The van der Waals surface area contributed by atoms with Crippen LogP contribution in [0.3, 0.4) is 0 Å². The number of aryl methyl sites for hydroxylation is 1. The number of carbonyl (C=O) groups is 1. The summed E-state index contributed by atoms with van der Waals surface area (Å²) < 4.78 is 0. The highest BCUT2D eigenvalue weighted by atomic mass is 16.4. The number of nitrogens with one attached hydrogen (secondary N) is 1. The predicted octanol–water partition coefficient (Wildman–Crippen LogP) is 2.17. The minimum Gasteiger partial charge on any atom is -0.478 e. The second-order valence-corrected chi connectivity index (χ2v) is 4.63. The maximum absolute atomic E-state index is 11.2. The molecule has 0 saturated heterocycles. The molecule has 0 amide bonds. The molecule has 3 rings (SSSR count). The van der Waals surface area contributed by atoms with Gasteiger partial charge < -0.3 is 15.0 Å². The van der Waals surface area contributed by atoms with E-state index in [9.17, 15) is 9.90 Å². The summed E-state index contributed by atoms with van der Waals surface area (Å²) in [4.78, 5) is 16.6. The molecule has 0 saturated carbocycles. The summed E-state index contributed by atoms with van der Waals surface area (Å²) >= 11 is 0. The number of fused-ring (bicyclic) bond motifs is 2. The zero-order valence-corrected chi connectivity index (χ0v) is 9.87. The van der Waals surface area contributed by atoms with Crippen molar-refractivity contribution in [1.82, 2.24) is 4.98 Å². The zero-order chi connectivity index (χ0) is 12.2. The maximum Gasteiger partial charge on any atom is 0.338 e. The average Bonchev–Trinajstić information content (AvgIpc) is 2.76. The number of H-pyrrole nitrogens is 1. The third kappa shape index (κ3) is 1.33. The van der Waals surface area contributed by atoms with Crippen LogP contribution < -0.4 is 4.90 Å². The molecule has 88 valence electrons. The predicted molar refractivity (Wildman–Crippen MR) is 67.0 cm³/mol. The molecule has 2 aromatic rings. The maximum atomic E-state index is 11.2. The SMILES string of the molecule is Cc1[nH]c2cc3c(cc2c1C(=O)O)N(C)CC3. The van der Waals surface area contributed by atoms with Crippen LogP contribution >= 0.6 is 0 Å². The molecule has 0 unspecified atom stereocenters. The van der Waals surface area contributed by atoms with Crippen molar-refractivity contribution < 1.29 is 9.90 Å². The topological polar surface area (TPSA) is 56.3 Å². The fourth-order valence-electron chi connectivity index (χ4n) is 2.65. The minimum absolute atomic E-state index is 0.392. The normalized spacial score (nSPS) is 14.4. The van der Waals surface area contributed by atoms with Crippen LogP contribution in [0.2, 0.25) is 0 Å². The summed E-state index contributed by atoms with van der Waals surface area (Å²) in [6.45, 7) is 2.81. The molecule has 0 fully saturated rings. The Kier molecular flexibility index (Phi) is 1.96. The lowest BCUT2D eigenvalue weighted by atomic mass is 10.1. The third-order valence-electron chi connectivity index (χ3n) is 3.53. The summed E-state index contributed by atoms with van der Waals surface area (Å²) in [5.41, 5.74) is 4.48. The summed E-state index contributed by atoms with van der Waals surface area (Å²) in [5.74, 6) is -0.866. The highest BCUT2D eigenvalue weighted by Gasteiger charge is 2.21. The molecule has 0 bridgehead atoms. The number of carboxylic acids is 1. The molecule has 17 heavy (non-hydrogen) atoms. The number of hydrogen-bond donors (Lipinski definition) is 2. The van der Waals surface area contributed by atoms with Gasteiger partial charge in [0.25, 0.3) is 0 Å². The van der Waals surface area contributed by atoms with Gasteiger partial charge in [-0.15, -0.1) is 0 Å². The highest BCUT2D eigenvalue weighted by Crippen LogP contribution is 2.33. The molecule has 2 N–H and O–H groups in total. The molecule has 0 aliphatic carbocycles. The summed E-state index contributed by atoms with van der Waals surface area (Å²) in [7, 11) is 2.04. The van der Waals surface area contributed by atoms with Gasteiger partial charge in [-0.25, -0.2) is 4.79 Å². The van der Waals surface area contributed by atoms with Crippen LogP contribution in [0.15, 0.2) is 12.1 Å². The standard InChI is InChI=1S/C13H14N2O2/c1-7-12(13(16)17)9-6-11-8(3-4-15(11)2)5-10(9)14-7/h5-6,14H,3-4H2,1-2H3,(H,16,17).